The average Bonchev–Trinajstić information content (AvgIpc) is 3.31. The number of aryl methyl sites for hydroxylation is 2. The van der Waals surface area contributed by atoms with Crippen molar-refractivity contribution in [3.8, 4) is 0 Å². The van der Waals surface area contributed by atoms with Crippen LogP contribution in [-0.2, 0) is 11.2 Å². The van der Waals surface area contributed by atoms with Crippen molar-refractivity contribution in [2.45, 2.75) is 64.8 Å². The fraction of sp³-hybridized carbons (Fsp3) is 0.579. The average molecular weight is 371 g/mol. The Hall–Kier alpha value is -2.64. The molecule has 3 amide bonds. The van der Waals surface area contributed by atoms with E-state index in [0.29, 0.717) is 29.5 Å². The quantitative estimate of drug-likeness (QED) is 0.786. The molecule has 2 aromatic rings. The Balaban J connectivity index is 1.52. The number of nitrogens with zero attached hydrogens (tertiary/aromatic N) is 3. The maximum absolute atomic E-state index is 12.9. The molecule has 1 aliphatic carbocycles. The van der Waals surface area contributed by atoms with E-state index in [4.69, 9.17) is 4.52 Å². The predicted molar refractivity (Wildman–Crippen MR) is 98.4 cm³/mol. The van der Waals surface area contributed by atoms with Gasteiger partial charge in [0, 0.05) is 18.2 Å². The third kappa shape index (κ3) is 3.36. The lowest BCUT2D eigenvalue weighted by molar-refractivity contribution is -0.118. The molecular formula is C19H25N5O3. The number of carbonyl (C=O) groups is 2. The van der Waals surface area contributed by atoms with E-state index >= 15 is 0 Å². The number of hydrogen-bond donors (Lipinski definition) is 2. The van der Waals surface area contributed by atoms with Gasteiger partial charge in [0.05, 0.1) is 17.1 Å². The summed E-state index contributed by atoms with van der Waals surface area (Å²) in [6.45, 7) is 3.71. The van der Waals surface area contributed by atoms with E-state index in [2.05, 4.69) is 20.7 Å². The predicted octanol–water partition coefficient (Wildman–Crippen LogP) is 3.00. The summed E-state index contributed by atoms with van der Waals surface area (Å²) in [7, 11) is 0. The van der Waals surface area contributed by atoms with Gasteiger partial charge in [-0.25, -0.2) is 9.69 Å². The van der Waals surface area contributed by atoms with Crippen LogP contribution in [0.15, 0.2) is 10.7 Å². The van der Waals surface area contributed by atoms with Crippen molar-refractivity contribution in [3.63, 3.8) is 0 Å². The summed E-state index contributed by atoms with van der Waals surface area (Å²) >= 11 is 0. The summed E-state index contributed by atoms with van der Waals surface area (Å²) in [5.74, 6) is 1.04. The third-order valence-electron chi connectivity index (χ3n) is 5.78. The van der Waals surface area contributed by atoms with Crippen molar-refractivity contribution in [2.24, 2.45) is 5.92 Å². The zero-order chi connectivity index (χ0) is 19.0. The summed E-state index contributed by atoms with van der Waals surface area (Å²) in [4.78, 5) is 26.7. The van der Waals surface area contributed by atoms with Crippen LogP contribution in [0.1, 0.15) is 61.2 Å². The number of hydrogen-bond acceptors (Lipinski definition) is 5. The third-order valence-corrected chi connectivity index (χ3v) is 5.78. The normalized spacial score (nSPS) is 21.1. The molecule has 0 bridgehead atoms. The highest BCUT2D eigenvalue weighted by Gasteiger charge is 2.41. The van der Waals surface area contributed by atoms with Gasteiger partial charge in [-0.2, -0.15) is 5.10 Å². The van der Waals surface area contributed by atoms with Gasteiger partial charge in [-0.05, 0) is 26.2 Å². The van der Waals surface area contributed by atoms with Gasteiger partial charge >= 0.3 is 6.03 Å². The maximum atomic E-state index is 12.9. The molecule has 1 saturated carbocycles. The Kier molecular flexibility index (Phi) is 4.72. The Morgan fingerprint density at radius 1 is 1.22 bits per heavy atom. The monoisotopic (exact) mass is 371 g/mol. The molecule has 1 atom stereocenters. The highest BCUT2D eigenvalue weighted by molar-refractivity contribution is 6.21. The fourth-order valence-electron chi connectivity index (χ4n) is 4.23. The lowest BCUT2D eigenvalue weighted by atomic mass is 9.85. The SMILES string of the molecule is Cc1noc(C)c1Cc1n[nH]cc1N1C(=O)NC(CC2CCCCC2)C1=O. The second-order valence-electron chi connectivity index (χ2n) is 7.61. The number of amides is 3. The minimum atomic E-state index is -0.442. The number of nitrogens with one attached hydrogen (secondary N) is 2. The zero-order valence-electron chi connectivity index (χ0n) is 15.7. The van der Waals surface area contributed by atoms with Crippen molar-refractivity contribution in [3.05, 3.63) is 28.9 Å². The number of anilines is 1. The molecule has 0 spiro atoms. The Morgan fingerprint density at radius 3 is 2.70 bits per heavy atom. The van der Waals surface area contributed by atoms with Crippen LogP contribution in [0, 0.1) is 19.8 Å². The van der Waals surface area contributed by atoms with E-state index in [-0.39, 0.29) is 11.9 Å². The van der Waals surface area contributed by atoms with E-state index < -0.39 is 6.04 Å². The summed E-state index contributed by atoms with van der Waals surface area (Å²) in [6, 6.07) is -0.815. The molecule has 8 nitrogen and oxygen atoms in total. The number of carbonyl (C=O) groups excluding carboxylic acids is 2. The minimum Gasteiger partial charge on any atom is -0.361 e. The van der Waals surface area contributed by atoms with E-state index in [0.717, 1.165) is 30.5 Å². The summed E-state index contributed by atoms with van der Waals surface area (Å²) in [5.41, 5.74) is 2.85. The molecule has 0 aromatic carbocycles. The van der Waals surface area contributed by atoms with Crippen LogP contribution < -0.4 is 10.2 Å². The molecular weight excluding hydrogens is 346 g/mol. The molecule has 144 valence electrons. The second-order valence-corrected chi connectivity index (χ2v) is 7.61. The zero-order valence-corrected chi connectivity index (χ0v) is 15.7. The smallest absolute Gasteiger partial charge is 0.329 e. The molecule has 2 aromatic heterocycles. The van der Waals surface area contributed by atoms with Gasteiger partial charge < -0.3 is 9.84 Å². The second kappa shape index (κ2) is 7.17. The standard InChI is InChI=1S/C19H25N5O3/c1-11-14(12(2)27-23-11)9-15-17(10-20-22-15)24-18(25)16(21-19(24)26)8-13-6-4-3-5-7-13/h10,13,16H,3-9H2,1-2H3,(H,20,22)(H,21,26). The molecule has 2 fully saturated rings. The topological polar surface area (TPSA) is 104 Å². The van der Waals surface area contributed by atoms with Crippen LogP contribution in [0.2, 0.25) is 0 Å². The van der Waals surface area contributed by atoms with Crippen molar-refractivity contribution in [1.29, 1.82) is 0 Å². The van der Waals surface area contributed by atoms with E-state index in [1.54, 1.807) is 6.20 Å². The largest absolute Gasteiger partial charge is 0.361 e. The van der Waals surface area contributed by atoms with Gasteiger partial charge in [0.1, 0.15) is 11.8 Å². The van der Waals surface area contributed by atoms with Crippen LogP contribution in [0.25, 0.3) is 0 Å². The van der Waals surface area contributed by atoms with Gasteiger partial charge in [-0.1, -0.05) is 37.3 Å². The molecule has 3 heterocycles. The Labute approximate surface area is 157 Å². The molecule has 1 unspecified atom stereocenters. The lowest BCUT2D eigenvalue weighted by Crippen LogP contribution is -2.33. The van der Waals surface area contributed by atoms with Crippen LogP contribution in [0.5, 0.6) is 0 Å². The van der Waals surface area contributed by atoms with Crippen LogP contribution in [0.4, 0.5) is 10.5 Å². The highest BCUT2D eigenvalue weighted by Crippen LogP contribution is 2.31. The van der Waals surface area contributed by atoms with Gasteiger partial charge in [0.15, 0.2) is 0 Å². The molecule has 4 rings (SSSR count). The summed E-state index contributed by atoms with van der Waals surface area (Å²) in [5, 5.41) is 13.9. The van der Waals surface area contributed by atoms with E-state index in [1.165, 1.54) is 24.2 Å². The molecule has 27 heavy (non-hydrogen) atoms. The molecule has 1 aliphatic heterocycles. The van der Waals surface area contributed by atoms with Gasteiger partial charge in [-0.3, -0.25) is 9.89 Å². The molecule has 8 heteroatoms. The van der Waals surface area contributed by atoms with E-state index in [9.17, 15) is 9.59 Å². The number of imide groups is 1. The number of urea groups is 1. The van der Waals surface area contributed by atoms with Gasteiger partial charge in [-0.15, -0.1) is 0 Å². The number of rotatable bonds is 5. The van der Waals surface area contributed by atoms with Crippen molar-refractivity contribution in [1.82, 2.24) is 20.7 Å². The molecule has 0 radical (unpaired) electrons. The van der Waals surface area contributed by atoms with Crippen molar-refractivity contribution < 1.29 is 14.1 Å². The number of aromatic nitrogens is 3. The fourth-order valence-corrected chi connectivity index (χ4v) is 4.23. The van der Waals surface area contributed by atoms with Crippen LogP contribution in [-0.4, -0.2) is 33.3 Å². The molecule has 2 aliphatic rings. The van der Waals surface area contributed by atoms with Crippen molar-refractivity contribution >= 4 is 17.6 Å². The lowest BCUT2D eigenvalue weighted by Gasteiger charge is -2.23. The Bertz CT molecular complexity index is 830. The first-order chi connectivity index (χ1) is 13.0. The van der Waals surface area contributed by atoms with Gasteiger partial charge in [0.25, 0.3) is 5.91 Å². The number of H-pyrrole nitrogens is 1. The first kappa shape index (κ1) is 17.8. The van der Waals surface area contributed by atoms with Crippen LogP contribution in [0.3, 0.4) is 0 Å². The number of aromatic amines is 1. The van der Waals surface area contributed by atoms with Crippen molar-refractivity contribution in [2.75, 3.05) is 4.90 Å². The van der Waals surface area contributed by atoms with Crippen LogP contribution >= 0.6 is 0 Å². The summed E-state index contributed by atoms with van der Waals surface area (Å²) in [6.07, 6.45) is 8.76. The minimum absolute atomic E-state index is 0.188. The van der Waals surface area contributed by atoms with Gasteiger partial charge in [0.2, 0.25) is 0 Å². The first-order valence-electron chi connectivity index (χ1n) is 9.63. The maximum Gasteiger partial charge on any atom is 0.329 e. The molecule has 1 saturated heterocycles. The summed E-state index contributed by atoms with van der Waals surface area (Å²) < 4.78 is 5.21. The highest BCUT2D eigenvalue weighted by atomic mass is 16.5. The van der Waals surface area contributed by atoms with E-state index in [1.807, 2.05) is 13.8 Å². The molecule has 2 N–H and O–H groups in total. The Morgan fingerprint density at radius 2 is 2.00 bits per heavy atom. The first-order valence-corrected chi connectivity index (χ1v) is 9.63.